The second-order valence-electron chi connectivity index (χ2n) is 4.12. The fourth-order valence-electron chi connectivity index (χ4n) is 1.53. The van der Waals surface area contributed by atoms with Crippen molar-refractivity contribution in [2.24, 2.45) is 0 Å². The van der Waals surface area contributed by atoms with Gasteiger partial charge in [-0.2, -0.15) is 13.2 Å². The number of aliphatic hydroxyl groups is 1. The Bertz CT molecular complexity index is 558. The SMILES string of the molecule is O=C(NCCCC(F)(F)F)c1cc(F)ccc1C#CCO. The van der Waals surface area contributed by atoms with Crippen molar-refractivity contribution in [1.29, 1.82) is 0 Å². The number of aliphatic hydroxyl groups excluding tert-OH is 1. The highest BCUT2D eigenvalue weighted by molar-refractivity contribution is 5.96. The van der Waals surface area contributed by atoms with E-state index in [2.05, 4.69) is 17.2 Å². The molecule has 0 saturated carbocycles. The first-order valence-corrected chi connectivity index (χ1v) is 6.07. The van der Waals surface area contributed by atoms with E-state index in [-0.39, 0.29) is 24.1 Å². The van der Waals surface area contributed by atoms with Crippen LogP contribution in [0, 0.1) is 17.7 Å². The Balaban J connectivity index is 2.71. The third-order valence-electron chi connectivity index (χ3n) is 2.45. The number of alkyl halides is 3. The first-order valence-electron chi connectivity index (χ1n) is 6.07. The van der Waals surface area contributed by atoms with Gasteiger partial charge in [0.25, 0.3) is 5.91 Å². The third-order valence-corrected chi connectivity index (χ3v) is 2.45. The average molecular weight is 303 g/mol. The molecule has 1 aromatic rings. The molecule has 0 aliphatic rings. The summed E-state index contributed by atoms with van der Waals surface area (Å²) in [4.78, 5) is 11.8. The van der Waals surface area contributed by atoms with Gasteiger partial charge in [0.15, 0.2) is 0 Å². The van der Waals surface area contributed by atoms with Gasteiger partial charge in [-0.15, -0.1) is 0 Å². The molecule has 0 aliphatic carbocycles. The molecule has 3 nitrogen and oxygen atoms in total. The number of hydrogen-bond donors (Lipinski definition) is 2. The van der Waals surface area contributed by atoms with E-state index in [0.29, 0.717) is 0 Å². The van der Waals surface area contributed by atoms with Gasteiger partial charge in [-0.05, 0) is 24.6 Å². The van der Waals surface area contributed by atoms with E-state index >= 15 is 0 Å². The van der Waals surface area contributed by atoms with Crippen LogP contribution in [-0.2, 0) is 0 Å². The molecule has 7 heteroatoms. The monoisotopic (exact) mass is 303 g/mol. The lowest BCUT2D eigenvalue weighted by Crippen LogP contribution is -2.26. The van der Waals surface area contributed by atoms with E-state index in [1.807, 2.05) is 0 Å². The zero-order valence-electron chi connectivity index (χ0n) is 10.9. The number of halogens is 4. The number of hydrogen-bond acceptors (Lipinski definition) is 2. The van der Waals surface area contributed by atoms with Crippen molar-refractivity contribution in [1.82, 2.24) is 5.32 Å². The van der Waals surface area contributed by atoms with E-state index < -0.39 is 30.9 Å². The van der Waals surface area contributed by atoms with Gasteiger partial charge in [-0.1, -0.05) is 11.8 Å². The zero-order valence-corrected chi connectivity index (χ0v) is 10.9. The molecular weight excluding hydrogens is 290 g/mol. The van der Waals surface area contributed by atoms with Gasteiger partial charge in [-0.3, -0.25) is 4.79 Å². The molecule has 0 bridgehead atoms. The second kappa shape index (κ2) is 7.64. The lowest BCUT2D eigenvalue weighted by atomic mass is 10.1. The minimum atomic E-state index is -4.28. The molecule has 0 saturated heterocycles. The summed E-state index contributed by atoms with van der Waals surface area (Å²) in [6.45, 7) is -0.605. The van der Waals surface area contributed by atoms with Gasteiger partial charge >= 0.3 is 6.18 Å². The fourth-order valence-corrected chi connectivity index (χ4v) is 1.53. The number of benzene rings is 1. The molecule has 0 atom stereocenters. The molecule has 0 heterocycles. The quantitative estimate of drug-likeness (QED) is 0.509. The maximum absolute atomic E-state index is 13.1. The summed E-state index contributed by atoms with van der Waals surface area (Å²) >= 11 is 0. The van der Waals surface area contributed by atoms with E-state index in [4.69, 9.17) is 5.11 Å². The van der Waals surface area contributed by atoms with Crippen molar-refractivity contribution in [3.63, 3.8) is 0 Å². The molecule has 114 valence electrons. The van der Waals surface area contributed by atoms with Crippen LogP contribution >= 0.6 is 0 Å². The Morgan fingerprint density at radius 3 is 2.67 bits per heavy atom. The maximum atomic E-state index is 13.1. The summed E-state index contributed by atoms with van der Waals surface area (Å²) in [5.74, 6) is 3.43. The summed E-state index contributed by atoms with van der Waals surface area (Å²) < 4.78 is 49.0. The highest BCUT2D eigenvalue weighted by atomic mass is 19.4. The lowest BCUT2D eigenvalue weighted by Gasteiger charge is -2.08. The predicted octanol–water partition coefficient (Wildman–Crippen LogP) is 2.24. The summed E-state index contributed by atoms with van der Waals surface area (Å²) in [5.41, 5.74) is 0.113. The van der Waals surface area contributed by atoms with Crippen molar-refractivity contribution in [2.75, 3.05) is 13.2 Å². The molecule has 1 aromatic carbocycles. The van der Waals surface area contributed by atoms with Gasteiger partial charge in [0.1, 0.15) is 12.4 Å². The van der Waals surface area contributed by atoms with Crippen LogP contribution in [0.15, 0.2) is 18.2 Å². The summed E-state index contributed by atoms with van der Waals surface area (Å²) in [5, 5.41) is 10.9. The summed E-state index contributed by atoms with van der Waals surface area (Å²) in [6.07, 6.45) is -5.54. The Morgan fingerprint density at radius 1 is 1.33 bits per heavy atom. The Labute approximate surface area is 119 Å². The van der Waals surface area contributed by atoms with Crippen LogP contribution in [0.25, 0.3) is 0 Å². The van der Waals surface area contributed by atoms with E-state index in [9.17, 15) is 22.4 Å². The van der Waals surface area contributed by atoms with Gasteiger partial charge in [0, 0.05) is 18.5 Å². The lowest BCUT2D eigenvalue weighted by molar-refractivity contribution is -0.135. The highest BCUT2D eigenvalue weighted by Crippen LogP contribution is 2.20. The molecule has 1 amide bonds. The molecular formula is C14H13F4NO2. The number of amides is 1. The summed E-state index contributed by atoms with van der Waals surface area (Å²) in [7, 11) is 0. The van der Waals surface area contributed by atoms with Crippen LogP contribution in [0.5, 0.6) is 0 Å². The van der Waals surface area contributed by atoms with Crippen molar-refractivity contribution < 1.29 is 27.5 Å². The fraction of sp³-hybridized carbons (Fsp3) is 0.357. The number of carbonyl (C=O) groups is 1. The normalized spacial score (nSPS) is 10.7. The molecule has 1 rings (SSSR count). The molecule has 21 heavy (non-hydrogen) atoms. The number of carbonyl (C=O) groups excluding carboxylic acids is 1. The molecule has 0 fully saturated rings. The minimum absolute atomic E-state index is 0.0806. The predicted molar refractivity (Wildman–Crippen MR) is 68.0 cm³/mol. The highest BCUT2D eigenvalue weighted by Gasteiger charge is 2.26. The van der Waals surface area contributed by atoms with Crippen molar-refractivity contribution in [3.8, 4) is 11.8 Å². The Hall–Kier alpha value is -2.07. The number of nitrogens with one attached hydrogen (secondary N) is 1. The maximum Gasteiger partial charge on any atom is 0.389 e. The smallest absolute Gasteiger partial charge is 0.384 e. The minimum Gasteiger partial charge on any atom is -0.384 e. The zero-order chi connectivity index (χ0) is 15.9. The van der Waals surface area contributed by atoms with Gasteiger partial charge < -0.3 is 10.4 Å². The standard InChI is InChI=1S/C14H13F4NO2/c15-11-5-4-10(3-1-8-20)12(9-11)13(21)19-7-2-6-14(16,17)18/h4-5,9,20H,2,6-8H2,(H,19,21). The molecule has 0 unspecified atom stereocenters. The number of rotatable bonds is 4. The molecule has 0 spiro atoms. The van der Waals surface area contributed by atoms with Crippen LogP contribution < -0.4 is 5.32 Å². The Kier molecular flexibility index (Phi) is 6.18. The second-order valence-corrected chi connectivity index (χ2v) is 4.12. The van der Waals surface area contributed by atoms with Crippen LogP contribution in [0.3, 0.4) is 0 Å². The van der Waals surface area contributed by atoms with Crippen LogP contribution in [0.4, 0.5) is 17.6 Å². The molecule has 2 N–H and O–H groups in total. The molecule has 0 radical (unpaired) electrons. The largest absolute Gasteiger partial charge is 0.389 e. The topological polar surface area (TPSA) is 49.3 Å². The molecule has 0 aromatic heterocycles. The van der Waals surface area contributed by atoms with Crippen molar-refractivity contribution >= 4 is 5.91 Å². The van der Waals surface area contributed by atoms with Crippen LogP contribution in [0.2, 0.25) is 0 Å². The van der Waals surface area contributed by atoms with Gasteiger partial charge in [0.05, 0.1) is 5.56 Å². The average Bonchev–Trinajstić information content (AvgIpc) is 2.41. The van der Waals surface area contributed by atoms with Crippen LogP contribution in [0.1, 0.15) is 28.8 Å². The van der Waals surface area contributed by atoms with Crippen molar-refractivity contribution in [3.05, 3.63) is 35.1 Å². The first-order chi connectivity index (χ1) is 9.83. The van der Waals surface area contributed by atoms with Crippen LogP contribution in [-0.4, -0.2) is 30.3 Å². The van der Waals surface area contributed by atoms with E-state index in [1.54, 1.807) is 0 Å². The first kappa shape index (κ1) is 17.0. The molecule has 0 aliphatic heterocycles. The Morgan fingerprint density at radius 2 is 2.05 bits per heavy atom. The summed E-state index contributed by atoms with van der Waals surface area (Å²) in [6, 6.07) is 3.31. The third kappa shape index (κ3) is 6.27. The van der Waals surface area contributed by atoms with E-state index in [0.717, 1.165) is 12.1 Å². The van der Waals surface area contributed by atoms with Gasteiger partial charge in [0.2, 0.25) is 0 Å². The van der Waals surface area contributed by atoms with E-state index in [1.165, 1.54) is 6.07 Å². The van der Waals surface area contributed by atoms with Gasteiger partial charge in [-0.25, -0.2) is 4.39 Å². The van der Waals surface area contributed by atoms with Crippen molar-refractivity contribution in [2.45, 2.75) is 19.0 Å².